The van der Waals surface area contributed by atoms with Crippen LogP contribution in [-0.4, -0.2) is 13.2 Å². The van der Waals surface area contributed by atoms with Crippen LogP contribution in [0.5, 0.6) is 5.75 Å². The first kappa shape index (κ1) is 14.5. The van der Waals surface area contributed by atoms with Crippen LogP contribution in [-0.2, 0) is 6.42 Å². The molecule has 0 radical (unpaired) electrons. The van der Waals surface area contributed by atoms with Gasteiger partial charge < -0.3 is 10.5 Å². The van der Waals surface area contributed by atoms with E-state index in [4.69, 9.17) is 10.5 Å². The van der Waals surface area contributed by atoms with Crippen molar-refractivity contribution in [2.24, 2.45) is 5.73 Å². The van der Waals surface area contributed by atoms with Crippen molar-refractivity contribution in [1.29, 1.82) is 0 Å². The lowest BCUT2D eigenvalue weighted by molar-refractivity contribution is 0.290. The lowest BCUT2D eigenvalue weighted by Gasteiger charge is -2.16. The third-order valence-corrected chi connectivity index (χ3v) is 5.51. The Morgan fingerprint density at radius 3 is 2.70 bits per heavy atom. The van der Waals surface area contributed by atoms with Gasteiger partial charge in [-0.2, -0.15) is 0 Å². The van der Waals surface area contributed by atoms with Crippen LogP contribution < -0.4 is 10.5 Å². The first-order chi connectivity index (χ1) is 11.4. The SMILES string of the molecule is NCC(COc1cccc2c1Cc1ccccc1-2)c1cccs1. The molecule has 2 aromatic carbocycles. The van der Waals surface area contributed by atoms with E-state index < -0.39 is 0 Å². The van der Waals surface area contributed by atoms with Crippen LogP contribution in [0.25, 0.3) is 11.1 Å². The summed E-state index contributed by atoms with van der Waals surface area (Å²) in [7, 11) is 0. The second kappa shape index (κ2) is 6.19. The molecule has 3 aromatic rings. The summed E-state index contributed by atoms with van der Waals surface area (Å²) in [5, 5.41) is 2.09. The number of rotatable bonds is 5. The van der Waals surface area contributed by atoms with Gasteiger partial charge in [0, 0.05) is 29.3 Å². The second-order valence-corrected chi connectivity index (χ2v) is 6.85. The molecule has 1 atom stereocenters. The standard InChI is InChI=1S/C20H19NOS/c21-12-15(20-9-4-10-23-20)13-22-19-8-3-7-17-16-6-2-1-5-14(16)11-18(17)19/h1-10,15H,11-13,21H2. The first-order valence-corrected chi connectivity index (χ1v) is 8.81. The van der Waals surface area contributed by atoms with E-state index in [2.05, 4.69) is 60.0 Å². The Morgan fingerprint density at radius 1 is 1.00 bits per heavy atom. The second-order valence-electron chi connectivity index (χ2n) is 5.88. The maximum Gasteiger partial charge on any atom is 0.123 e. The van der Waals surface area contributed by atoms with Crippen molar-refractivity contribution in [1.82, 2.24) is 0 Å². The zero-order valence-electron chi connectivity index (χ0n) is 12.9. The number of fused-ring (bicyclic) bond motifs is 3. The molecular weight excluding hydrogens is 302 g/mol. The summed E-state index contributed by atoms with van der Waals surface area (Å²) in [5.74, 6) is 1.25. The number of ether oxygens (including phenoxy) is 1. The highest BCUT2D eigenvalue weighted by molar-refractivity contribution is 7.10. The van der Waals surface area contributed by atoms with Crippen LogP contribution in [0.15, 0.2) is 60.0 Å². The van der Waals surface area contributed by atoms with Crippen LogP contribution >= 0.6 is 11.3 Å². The molecule has 23 heavy (non-hydrogen) atoms. The summed E-state index contributed by atoms with van der Waals surface area (Å²) < 4.78 is 6.18. The third kappa shape index (κ3) is 2.67. The first-order valence-electron chi connectivity index (χ1n) is 7.93. The molecule has 116 valence electrons. The van der Waals surface area contributed by atoms with Gasteiger partial charge in [0.05, 0.1) is 6.61 Å². The van der Waals surface area contributed by atoms with Crippen molar-refractivity contribution in [2.75, 3.05) is 13.2 Å². The Kier molecular flexibility index (Phi) is 3.90. The lowest BCUT2D eigenvalue weighted by Crippen LogP contribution is -2.19. The van der Waals surface area contributed by atoms with Crippen LogP contribution in [0.3, 0.4) is 0 Å². The Labute approximate surface area is 140 Å². The Balaban J connectivity index is 1.57. The molecule has 0 saturated carbocycles. The van der Waals surface area contributed by atoms with Gasteiger partial charge in [-0.25, -0.2) is 0 Å². The van der Waals surface area contributed by atoms with Crippen LogP contribution in [0.1, 0.15) is 21.9 Å². The predicted octanol–water partition coefficient (Wildman–Crippen LogP) is 4.44. The summed E-state index contributed by atoms with van der Waals surface area (Å²) in [6, 6.07) is 19.2. The summed E-state index contributed by atoms with van der Waals surface area (Å²) in [6.45, 7) is 1.24. The largest absolute Gasteiger partial charge is 0.493 e. The highest BCUT2D eigenvalue weighted by Gasteiger charge is 2.22. The van der Waals surface area contributed by atoms with Crippen molar-refractivity contribution in [3.63, 3.8) is 0 Å². The van der Waals surface area contributed by atoms with E-state index in [1.165, 1.54) is 27.1 Å². The van der Waals surface area contributed by atoms with Gasteiger partial charge in [-0.1, -0.05) is 42.5 Å². The molecule has 0 fully saturated rings. The summed E-state index contributed by atoms with van der Waals surface area (Å²) in [4.78, 5) is 1.29. The van der Waals surface area contributed by atoms with Crippen molar-refractivity contribution < 1.29 is 4.74 Å². The zero-order chi connectivity index (χ0) is 15.6. The molecule has 0 amide bonds. The molecule has 1 unspecified atom stereocenters. The smallest absolute Gasteiger partial charge is 0.123 e. The highest BCUT2D eigenvalue weighted by atomic mass is 32.1. The van der Waals surface area contributed by atoms with Crippen LogP contribution in [0, 0.1) is 0 Å². The van der Waals surface area contributed by atoms with Gasteiger partial charge in [0.15, 0.2) is 0 Å². The van der Waals surface area contributed by atoms with Gasteiger partial charge >= 0.3 is 0 Å². The lowest BCUT2D eigenvalue weighted by atomic mass is 10.1. The molecule has 0 bridgehead atoms. The summed E-state index contributed by atoms with van der Waals surface area (Å²) in [5.41, 5.74) is 11.3. The molecular formula is C20H19NOS. The fraction of sp³-hybridized carbons (Fsp3) is 0.200. The third-order valence-electron chi connectivity index (χ3n) is 4.48. The van der Waals surface area contributed by atoms with Crippen molar-refractivity contribution in [3.05, 3.63) is 76.0 Å². The molecule has 2 N–H and O–H groups in total. The van der Waals surface area contributed by atoms with Gasteiger partial charge in [0.1, 0.15) is 5.75 Å². The van der Waals surface area contributed by atoms with Crippen molar-refractivity contribution in [2.45, 2.75) is 12.3 Å². The number of nitrogens with two attached hydrogens (primary N) is 1. The quantitative estimate of drug-likeness (QED) is 0.590. The van der Waals surface area contributed by atoms with Crippen LogP contribution in [0.4, 0.5) is 0 Å². The van der Waals surface area contributed by atoms with Crippen LogP contribution in [0.2, 0.25) is 0 Å². The predicted molar refractivity (Wildman–Crippen MR) is 96.3 cm³/mol. The van der Waals surface area contributed by atoms with Gasteiger partial charge in [0.25, 0.3) is 0 Å². The number of benzene rings is 2. The molecule has 2 nitrogen and oxygen atoms in total. The highest BCUT2D eigenvalue weighted by Crippen LogP contribution is 2.41. The fourth-order valence-electron chi connectivity index (χ4n) is 3.24. The molecule has 0 saturated heterocycles. The topological polar surface area (TPSA) is 35.2 Å². The Hall–Kier alpha value is -2.10. The van der Waals surface area contributed by atoms with Gasteiger partial charge in [-0.05, 0) is 34.2 Å². The van der Waals surface area contributed by atoms with Gasteiger partial charge in [-0.3, -0.25) is 0 Å². The minimum atomic E-state index is 0.259. The van der Waals surface area contributed by atoms with Gasteiger partial charge in [0.2, 0.25) is 0 Å². The maximum absolute atomic E-state index is 6.18. The minimum Gasteiger partial charge on any atom is -0.493 e. The normalized spacial score (nSPS) is 13.4. The molecule has 1 heterocycles. The summed E-state index contributed by atoms with van der Waals surface area (Å²) in [6.07, 6.45) is 0.952. The molecule has 3 heteroatoms. The van der Waals surface area contributed by atoms with E-state index in [9.17, 15) is 0 Å². The summed E-state index contributed by atoms with van der Waals surface area (Å²) >= 11 is 1.75. The number of hydrogen-bond donors (Lipinski definition) is 1. The van der Waals surface area contributed by atoms with E-state index in [0.717, 1.165) is 12.2 Å². The molecule has 1 aliphatic carbocycles. The zero-order valence-corrected chi connectivity index (χ0v) is 13.7. The molecule has 4 rings (SSSR count). The van der Waals surface area contributed by atoms with E-state index in [1.54, 1.807) is 11.3 Å². The van der Waals surface area contributed by atoms with Crippen molar-refractivity contribution >= 4 is 11.3 Å². The van der Waals surface area contributed by atoms with E-state index >= 15 is 0 Å². The number of hydrogen-bond acceptors (Lipinski definition) is 3. The Bertz CT molecular complexity index is 810. The van der Waals surface area contributed by atoms with Crippen molar-refractivity contribution in [3.8, 4) is 16.9 Å². The van der Waals surface area contributed by atoms with E-state index in [1.807, 2.05) is 0 Å². The molecule has 0 spiro atoms. The van der Waals surface area contributed by atoms with E-state index in [-0.39, 0.29) is 5.92 Å². The van der Waals surface area contributed by atoms with E-state index in [0.29, 0.717) is 13.2 Å². The molecule has 1 aliphatic rings. The Morgan fingerprint density at radius 2 is 1.87 bits per heavy atom. The fourth-order valence-corrected chi connectivity index (χ4v) is 4.07. The molecule has 1 aromatic heterocycles. The number of thiophene rings is 1. The van der Waals surface area contributed by atoms with Gasteiger partial charge in [-0.15, -0.1) is 11.3 Å². The maximum atomic E-state index is 6.18. The monoisotopic (exact) mass is 321 g/mol. The minimum absolute atomic E-state index is 0.259. The molecule has 0 aliphatic heterocycles. The average Bonchev–Trinajstić information content (AvgIpc) is 3.23. The average molecular weight is 321 g/mol.